The highest BCUT2D eigenvalue weighted by Crippen LogP contribution is 2.15. The second-order valence-electron chi connectivity index (χ2n) is 4.79. The third kappa shape index (κ3) is 3.85. The first-order valence-electron chi connectivity index (χ1n) is 6.29. The van der Waals surface area contributed by atoms with Gasteiger partial charge >= 0.3 is 0 Å². The lowest BCUT2D eigenvalue weighted by Gasteiger charge is -2.30. The van der Waals surface area contributed by atoms with Crippen LogP contribution in [0.5, 0.6) is 0 Å². The highest BCUT2D eigenvalue weighted by molar-refractivity contribution is 5.38. The molecule has 2 rings (SSSR count). The Bertz CT molecular complexity index is 329. The highest BCUT2D eigenvalue weighted by atomic mass is 15.2. The first kappa shape index (κ1) is 12.1. The Morgan fingerprint density at radius 1 is 1.35 bits per heavy atom. The lowest BCUT2D eigenvalue weighted by Crippen LogP contribution is -2.36. The Morgan fingerprint density at radius 2 is 2.12 bits per heavy atom. The minimum absolute atomic E-state index is 0.459. The minimum atomic E-state index is 0.459. The molecule has 94 valence electrons. The average Bonchev–Trinajstić information content (AvgIpc) is 2.34. The Balaban J connectivity index is 1.67. The normalized spacial score (nSPS) is 18.2. The van der Waals surface area contributed by atoms with E-state index in [-0.39, 0.29) is 0 Å². The Kier molecular flexibility index (Phi) is 4.14. The number of nitrogens with zero attached hydrogens (tertiary/aromatic N) is 3. The average molecular weight is 235 g/mol. The molecule has 17 heavy (non-hydrogen) atoms. The Morgan fingerprint density at radius 3 is 2.76 bits per heavy atom. The SMILES string of the molecule is CC1CCN(CCNc2ccc(N)nn2)CC1. The van der Waals surface area contributed by atoms with Crippen LogP contribution in [0.2, 0.25) is 0 Å². The van der Waals surface area contributed by atoms with Gasteiger partial charge in [0.05, 0.1) is 0 Å². The predicted molar refractivity (Wildman–Crippen MR) is 69.8 cm³/mol. The molecule has 1 saturated heterocycles. The van der Waals surface area contributed by atoms with Crippen LogP contribution in [0.15, 0.2) is 12.1 Å². The van der Waals surface area contributed by atoms with Crippen molar-refractivity contribution in [1.29, 1.82) is 0 Å². The van der Waals surface area contributed by atoms with E-state index < -0.39 is 0 Å². The molecule has 5 nitrogen and oxygen atoms in total. The van der Waals surface area contributed by atoms with Gasteiger partial charge in [-0.2, -0.15) is 0 Å². The molecule has 1 aromatic heterocycles. The third-order valence-corrected chi connectivity index (χ3v) is 3.30. The van der Waals surface area contributed by atoms with Crippen LogP contribution >= 0.6 is 0 Å². The first-order chi connectivity index (χ1) is 8.24. The molecule has 1 aliphatic rings. The van der Waals surface area contributed by atoms with Crippen molar-refractivity contribution in [2.24, 2.45) is 5.92 Å². The molecule has 5 heteroatoms. The molecule has 1 aliphatic heterocycles. The number of nitrogens with two attached hydrogens (primary N) is 1. The maximum atomic E-state index is 5.48. The quantitative estimate of drug-likeness (QED) is 0.821. The monoisotopic (exact) mass is 235 g/mol. The summed E-state index contributed by atoms with van der Waals surface area (Å²) in [4.78, 5) is 2.50. The van der Waals surface area contributed by atoms with Gasteiger partial charge in [0, 0.05) is 13.1 Å². The topological polar surface area (TPSA) is 67.1 Å². The van der Waals surface area contributed by atoms with E-state index >= 15 is 0 Å². The number of rotatable bonds is 4. The lowest BCUT2D eigenvalue weighted by atomic mass is 9.99. The molecular formula is C12H21N5. The van der Waals surface area contributed by atoms with Crippen LogP contribution < -0.4 is 11.1 Å². The number of aromatic nitrogens is 2. The fourth-order valence-corrected chi connectivity index (χ4v) is 2.06. The fraction of sp³-hybridized carbons (Fsp3) is 0.667. The van der Waals surface area contributed by atoms with Crippen molar-refractivity contribution in [2.45, 2.75) is 19.8 Å². The smallest absolute Gasteiger partial charge is 0.148 e. The molecule has 0 aliphatic carbocycles. The Labute approximate surface area is 102 Å². The summed E-state index contributed by atoms with van der Waals surface area (Å²) in [6.07, 6.45) is 2.64. The summed E-state index contributed by atoms with van der Waals surface area (Å²) < 4.78 is 0. The molecule has 0 atom stereocenters. The van der Waals surface area contributed by atoms with E-state index in [1.807, 2.05) is 6.07 Å². The van der Waals surface area contributed by atoms with Gasteiger partial charge in [-0.05, 0) is 44.0 Å². The van der Waals surface area contributed by atoms with E-state index in [2.05, 4.69) is 27.3 Å². The molecule has 0 radical (unpaired) electrons. The number of anilines is 2. The predicted octanol–water partition coefficient (Wildman–Crippen LogP) is 1.20. The van der Waals surface area contributed by atoms with Gasteiger partial charge in [-0.25, -0.2) is 0 Å². The van der Waals surface area contributed by atoms with Crippen molar-refractivity contribution in [3.8, 4) is 0 Å². The standard InChI is InChI=1S/C12H21N5/c1-10-4-7-17(8-5-10)9-6-14-12-3-2-11(13)15-16-12/h2-3,10H,4-9H2,1H3,(H2,13,15)(H,14,16). The van der Waals surface area contributed by atoms with Gasteiger partial charge in [0.15, 0.2) is 0 Å². The number of hydrogen-bond donors (Lipinski definition) is 2. The van der Waals surface area contributed by atoms with E-state index in [0.717, 1.165) is 24.8 Å². The molecule has 1 aromatic rings. The van der Waals surface area contributed by atoms with E-state index in [4.69, 9.17) is 5.73 Å². The van der Waals surface area contributed by atoms with Gasteiger partial charge in [0.1, 0.15) is 11.6 Å². The van der Waals surface area contributed by atoms with Gasteiger partial charge in [0.25, 0.3) is 0 Å². The van der Waals surface area contributed by atoms with Crippen molar-refractivity contribution in [1.82, 2.24) is 15.1 Å². The van der Waals surface area contributed by atoms with Gasteiger partial charge in [-0.15, -0.1) is 10.2 Å². The van der Waals surface area contributed by atoms with Crippen molar-refractivity contribution in [3.63, 3.8) is 0 Å². The minimum Gasteiger partial charge on any atom is -0.382 e. The van der Waals surface area contributed by atoms with Crippen LogP contribution in [-0.2, 0) is 0 Å². The van der Waals surface area contributed by atoms with E-state index in [0.29, 0.717) is 5.82 Å². The van der Waals surface area contributed by atoms with E-state index in [1.54, 1.807) is 6.07 Å². The van der Waals surface area contributed by atoms with E-state index in [9.17, 15) is 0 Å². The zero-order valence-corrected chi connectivity index (χ0v) is 10.4. The summed E-state index contributed by atoms with van der Waals surface area (Å²) in [5.41, 5.74) is 5.48. The summed E-state index contributed by atoms with van der Waals surface area (Å²) in [6.45, 7) is 6.75. The number of nitrogens with one attached hydrogen (secondary N) is 1. The molecule has 0 aromatic carbocycles. The zero-order valence-electron chi connectivity index (χ0n) is 10.4. The summed E-state index contributed by atoms with van der Waals surface area (Å²) in [5, 5.41) is 11.0. The largest absolute Gasteiger partial charge is 0.382 e. The molecule has 0 bridgehead atoms. The molecule has 1 fully saturated rings. The lowest BCUT2D eigenvalue weighted by molar-refractivity contribution is 0.199. The molecule has 0 amide bonds. The first-order valence-corrected chi connectivity index (χ1v) is 6.29. The van der Waals surface area contributed by atoms with Gasteiger partial charge < -0.3 is 16.0 Å². The third-order valence-electron chi connectivity index (χ3n) is 3.30. The number of nitrogen functional groups attached to an aromatic ring is 1. The molecule has 3 N–H and O–H groups in total. The zero-order chi connectivity index (χ0) is 12.1. The van der Waals surface area contributed by atoms with Crippen LogP contribution in [0.1, 0.15) is 19.8 Å². The van der Waals surface area contributed by atoms with Crippen LogP contribution in [0, 0.1) is 5.92 Å². The molecule has 0 unspecified atom stereocenters. The van der Waals surface area contributed by atoms with Crippen LogP contribution in [0.25, 0.3) is 0 Å². The number of piperidine rings is 1. The second-order valence-corrected chi connectivity index (χ2v) is 4.79. The summed E-state index contributed by atoms with van der Waals surface area (Å²) >= 11 is 0. The van der Waals surface area contributed by atoms with Crippen molar-refractivity contribution in [2.75, 3.05) is 37.2 Å². The highest BCUT2D eigenvalue weighted by Gasteiger charge is 2.14. The second kappa shape index (κ2) is 5.82. The van der Waals surface area contributed by atoms with Gasteiger partial charge in [-0.1, -0.05) is 6.92 Å². The maximum absolute atomic E-state index is 5.48. The molecule has 2 heterocycles. The maximum Gasteiger partial charge on any atom is 0.148 e. The van der Waals surface area contributed by atoms with Crippen molar-refractivity contribution in [3.05, 3.63) is 12.1 Å². The molecule has 0 saturated carbocycles. The van der Waals surface area contributed by atoms with Crippen LogP contribution in [0.3, 0.4) is 0 Å². The fourth-order valence-electron chi connectivity index (χ4n) is 2.06. The summed E-state index contributed by atoms with van der Waals surface area (Å²) in [6, 6.07) is 3.62. The van der Waals surface area contributed by atoms with Crippen LogP contribution in [-0.4, -0.2) is 41.3 Å². The Hall–Kier alpha value is -1.36. The number of hydrogen-bond acceptors (Lipinski definition) is 5. The van der Waals surface area contributed by atoms with Gasteiger partial charge in [0.2, 0.25) is 0 Å². The van der Waals surface area contributed by atoms with Crippen molar-refractivity contribution >= 4 is 11.6 Å². The molecule has 0 spiro atoms. The summed E-state index contributed by atoms with van der Waals surface area (Å²) in [7, 11) is 0. The number of likely N-dealkylation sites (tertiary alicyclic amines) is 1. The summed E-state index contributed by atoms with van der Waals surface area (Å²) in [5.74, 6) is 2.15. The van der Waals surface area contributed by atoms with Gasteiger partial charge in [-0.3, -0.25) is 0 Å². The van der Waals surface area contributed by atoms with E-state index in [1.165, 1.54) is 25.9 Å². The molecular weight excluding hydrogens is 214 g/mol. The van der Waals surface area contributed by atoms with Crippen LogP contribution in [0.4, 0.5) is 11.6 Å². The van der Waals surface area contributed by atoms with Crippen molar-refractivity contribution < 1.29 is 0 Å².